The lowest BCUT2D eigenvalue weighted by Crippen LogP contribution is -2.27. The Hall–Kier alpha value is -2.51. The molecule has 10 heteroatoms. The Morgan fingerprint density at radius 2 is 1.42 bits per heavy atom. The number of benzene rings is 2. The van der Waals surface area contributed by atoms with Gasteiger partial charge in [-0.25, -0.2) is 35.1 Å². The van der Waals surface area contributed by atoms with Gasteiger partial charge in [-0.2, -0.15) is 5.26 Å². The number of nitriles is 1. The lowest BCUT2D eigenvalue weighted by Gasteiger charge is -2.11. The summed E-state index contributed by atoms with van der Waals surface area (Å²) >= 11 is 0. The highest BCUT2D eigenvalue weighted by atomic mass is 32.2. The number of hydrogen-bond acceptors (Lipinski definition) is 3. The molecular weight excluding hydrogens is 355 g/mol. The van der Waals surface area contributed by atoms with Crippen molar-refractivity contribution < 1.29 is 30.4 Å². The average molecular weight is 362 g/mol. The molecule has 0 aliphatic heterocycles. The van der Waals surface area contributed by atoms with Crippen LogP contribution in [0, 0.1) is 40.4 Å². The molecule has 0 fully saturated rings. The summed E-state index contributed by atoms with van der Waals surface area (Å²) in [4.78, 5) is -1.98. The lowest BCUT2D eigenvalue weighted by atomic mass is 10.1. The Balaban J connectivity index is 2.44. The van der Waals surface area contributed by atoms with Crippen LogP contribution in [-0.2, 0) is 16.6 Å². The Labute approximate surface area is 133 Å². The van der Waals surface area contributed by atoms with E-state index in [1.165, 1.54) is 24.3 Å². The first-order chi connectivity index (χ1) is 11.2. The predicted molar refractivity (Wildman–Crippen MR) is 71.4 cm³/mol. The fourth-order valence-electron chi connectivity index (χ4n) is 1.85. The molecule has 0 saturated heterocycles. The van der Waals surface area contributed by atoms with Crippen LogP contribution in [0.2, 0.25) is 0 Å². The Morgan fingerprint density at radius 1 is 0.917 bits per heavy atom. The molecule has 2 rings (SSSR count). The van der Waals surface area contributed by atoms with Gasteiger partial charge in [0, 0.05) is 6.54 Å². The molecule has 0 aromatic heterocycles. The van der Waals surface area contributed by atoms with E-state index in [-0.39, 0.29) is 11.1 Å². The van der Waals surface area contributed by atoms with Crippen molar-refractivity contribution in [2.24, 2.45) is 0 Å². The smallest absolute Gasteiger partial charge is 0.207 e. The SMILES string of the molecule is N#Cc1ccccc1CNS(=O)(=O)c1c(F)c(F)c(F)c(F)c1F. The fourth-order valence-corrected chi connectivity index (χ4v) is 2.99. The van der Waals surface area contributed by atoms with Gasteiger partial charge in [-0.1, -0.05) is 18.2 Å². The number of halogens is 5. The van der Waals surface area contributed by atoms with E-state index in [0.717, 1.165) is 0 Å². The van der Waals surface area contributed by atoms with Gasteiger partial charge in [0.25, 0.3) is 0 Å². The summed E-state index contributed by atoms with van der Waals surface area (Å²) in [7, 11) is -5.06. The minimum atomic E-state index is -5.06. The van der Waals surface area contributed by atoms with E-state index in [9.17, 15) is 30.4 Å². The Morgan fingerprint density at radius 3 is 1.96 bits per heavy atom. The molecular formula is C14H7F5N2O2S. The van der Waals surface area contributed by atoms with Crippen LogP contribution in [0.5, 0.6) is 0 Å². The molecule has 0 amide bonds. The van der Waals surface area contributed by atoms with Gasteiger partial charge in [-0.3, -0.25) is 0 Å². The maximum Gasteiger partial charge on any atom is 0.246 e. The standard InChI is InChI=1S/C14H7F5N2O2S/c15-9-10(16)12(18)14(13(19)11(9)17)24(22,23)21-6-8-4-2-1-3-7(8)5-20/h1-4,21H,6H2. The highest BCUT2D eigenvalue weighted by Crippen LogP contribution is 2.26. The third kappa shape index (κ3) is 3.08. The van der Waals surface area contributed by atoms with E-state index in [0.29, 0.717) is 0 Å². The van der Waals surface area contributed by atoms with Gasteiger partial charge in [-0.15, -0.1) is 0 Å². The van der Waals surface area contributed by atoms with Crippen LogP contribution >= 0.6 is 0 Å². The monoisotopic (exact) mass is 362 g/mol. The van der Waals surface area contributed by atoms with Gasteiger partial charge in [0.15, 0.2) is 28.2 Å². The molecule has 126 valence electrons. The minimum Gasteiger partial charge on any atom is -0.207 e. The number of nitrogens with zero attached hydrogens (tertiary/aromatic N) is 1. The molecule has 0 radical (unpaired) electrons. The predicted octanol–water partition coefficient (Wildman–Crippen LogP) is 2.73. The van der Waals surface area contributed by atoms with Crippen molar-refractivity contribution in [3.05, 3.63) is 64.5 Å². The quantitative estimate of drug-likeness (QED) is 0.517. The summed E-state index contributed by atoms with van der Waals surface area (Å²) in [5.41, 5.74) is 0.241. The van der Waals surface area contributed by atoms with Crippen molar-refractivity contribution in [2.75, 3.05) is 0 Å². The van der Waals surface area contributed by atoms with E-state index in [2.05, 4.69) is 0 Å². The zero-order valence-electron chi connectivity index (χ0n) is 11.6. The summed E-state index contributed by atoms with van der Waals surface area (Å²) in [6, 6.07) is 7.47. The van der Waals surface area contributed by atoms with Crippen LogP contribution in [0.4, 0.5) is 22.0 Å². The van der Waals surface area contributed by atoms with Crippen molar-refractivity contribution >= 4 is 10.0 Å². The van der Waals surface area contributed by atoms with E-state index >= 15 is 0 Å². The summed E-state index contributed by atoms with van der Waals surface area (Å²) in [6.07, 6.45) is 0. The fraction of sp³-hybridized carbons (Fsp3) is 0.0714. The Kier molecular flexibility index (Phi) is 4.86. The second kappa shape index (κ2) is 6.54. The zero-order chi connectivity index (χ0) is 18.1. The molecule has 0 heterocycles. The molecule has 24 heavy (non-hydrogen) atoms. The molecule has 0 bridgehead atoms. The van der Waals surface area contributed by atoms with Gasteiger partial charge >= 0.3 is 0 Å². The first kappa shape index (κ1) is 17.8. The number of rotatable bonds is 4. The van der Waals surface area contributed by atoms with Crippen LogP contribution in [0.15, 0.2) is 29.2 Å². The summed E-state index contributed by atoms with van der Waals surface area (Å²) in [5, 5.41) is 8.87. The summed E-state index contributed by atoms with van der Waals surface area (Å²) in [6.45, 7) is -0.578. The first-order valence-corrected chi connectivity index (χ1v) is 7.68. The maximum atomic E-state index is 13.6. The van der Waals surface area contributed by atoms with Crippen LogP contribution in [0.3, 0.4) is 0 Å². The van der Waals surface area contributed by atoms with Crippen molar-refractivity contribution in [2.45, 2.75) is 11.4 Å². The van der Waals surface area contributed by atoms with Gasteiger partial charge < -0.3 is 0 Å². The van der Waals surface area contributed by atoms with Crippen LogP contribution in [0.25, 0.3) is 0 Å². The van der Waals surface area contributed by atoms with Crippen LogP contribution in [0.1, 0.15) is 11.1 Å². The van der Waals surface area contributed by atoms with Crippen molar-refractivity contribution in [3.63, 3.8) is 0 Å². The first-order valence-electron chi connectivity index (χ1n) is 6.19. The number of nitrogens with one attached hydrogen (secondary N) is 1. The molecule has 4 nitrogen and oxygen atoms in total. The molecule has 0 atom stereocenters. The highest BCUT2D eigenvalue weighted by Gasteiger charge is 2.33. The van der Waals surface area contributed by atoms with Gasteiger partial charge in [0.05, 0.1) is 11.6 Å². The Bertz CT molecular complexity index is 925. The summed E-state index contributed by atoms with van der Waals surface area (Å²) in [5.74, 6) is -12.1. The molecule has 2 aromatic rings. The lowest BCUT2D eigenvalue weighted by molar-refractivity contribution is 0.357. The molecule has 1 N–H and O–H groups in total. The highest BCUT2D eigenvalue weighted by molar-refractivity contribution is 7.89. The second-order valence-corrected chi connectivity index (χ2v) is 6.20. The van der Waals surface area contributed by atoms with Crippen molar-refractivity contribution in [1.82, 2.24) is 4.72 Å². The van der Waals surface area contributed by atoms with E-state index < -0.39 is 50.5 Å². The molecule has 0 saturated carbocycles. The maximum absolute atomic E-state index is 13.6. The van der Waals surface area contributed by atoms with Gasteiger partial charge in [-0.05, 0) is 11.6 Å². The molecule has 0 unspecified atom stereocenters. The minimum absolute atomic E-state index is 0.0811. The molecule has 0 aliphatic rings. The topological polar surface area (TPSA) is 70.0 Å². The molecule has 2 aromatic carbocycles. The summed E-state index contributed by atoms with van der Waals surface area (Å²) < 4.78 is 91.9. The molecule has 0 spiro atoms. The van der Waals surface area contributed by atoms with Crippen LogP contribution < -0.4 is 4.72 Å². The van der Waals surface area contributed by atoms with E-state index in [1.54, 1.807) is 10.8 Å². The number of hydrogen-bond donors (Lipinski definition) is 1. The van der Waals surface area contributed by atoms with Crippen LogP contribution in [-0.4, -0.2) is 8.42 Å². The van der Waals surface area contributed by atoms with Crippen molar-refractivity contribution in [1.29, 1.82) is 5.26 Å². The van der Waals surface area contributed by atoms with Gasteiger partial charge in [0.1, 0.15) is 0 Å². The van der Waals surface area contributed by atoms with E-state index in [1.807, 2.05) is 0 Å². The number of sulfonamides is 1. The second-order valence-electron chi connectivity index (χ2n) is 4.49. The van der Waals surface area contributed by atoms with E-state index in [4.69, 9.17) is 5.26 Å². The zero-order valence-corrected chi connectivity index (χ0v) is 12.4. The molecule has 0 aliphatic carbocycles. The van der Waals surface area contributed by atoms with Gasteiger partial charge in [0.2, 0.25) is 15.8 Å². The normalized spacial score (nSPS) is 11.3. The third-order valence-corrected chi connectivity index (χ3v) is 4.45. The third-order valence-electron chi connectivity index (χ3n) is 3.03. The van der Waals surface area contributed by atoms with Crippen molar-refractivity contribution in [3.8, 4) is 6.07 Å². The average Bonchev–Trinajstić information content (AvgIpc) is 2.56. The largest absolute Gasteiger partial charge is 0.246 e.